The van der Waals surface area contributed by atoms with Crippen molar-refractivity contribution in [2.45, 2.75) is 17.8 Å². The van der Waals surface area contributed by atoms with E-state index in [1.807, 2.05) is 0 Å². The minimum absolute atomic E-state index is 0.0634. The van der Waals surface area contributed by atoms with Crippen LogP contribution in [0.15, 0.2) is 29.4 Å². The van der Waals surface area contributed by atoms with Gasteiger partial charge in [-0.25, -0.2) is 0 Å². The van der Waals surface area contributed by atoms with E-state index in [0.717, 1.165) is 0 Å². The molecule has 2 aromatic rings. The number of benzene rings is 1. The van der Waals surface area contributed by atoms with Gasteiger partial charge in [-0.15, -0.1) is 4.98 Å². The van der Waals surface area contributed by atoms with Crippen molar-refractivity contribution in [3.63, 3.8) is 0 Å². The molecular weight excluding hydrogens is 307 g/mol. The predicted octanol–water partition coefficient (Wildman–Crippen LogP) is 3.11. The van der Waals surface area contributed by atoms with Crippen molar-refractivity contribution < 1.29 is 9.66 Å². The largest absolute Gasteiger partial charge is 0.609 e. The maximum atomic E-state index is 12.2. The van der Waals surface area contributed by atoms with Crippen molar-refractivity contribution in [3.05, 3.63) is 45.6 Å². The molecule has 0 fully saturated rings. The van der Waals surface area contributed by atoms with Gasteiger partial charge in [-0.2, -0.15) is 4.98 Å². The van der Waals surface area contributed by atoms with Gasteiger partial charge in [-0.05, 0) is 19.1 Å². The molecule has 1 aromatic heterocycles. The molecule has 7 heteroatoms. The van der Waals surface area contributed by atoms with Crippen molar-refractivity contribution >= 4 is 34.4 Å². The second kappa shape index (κ2) is 5.96. The number of hydrogen-bond donors (Lipinski definition) is 1. The van der Waals surface area contributed by atoms with E-state index >= 15 is 0 Å². The maximum Gasteiger partial charge on any atom is 0.346 e. The van der Waals surface area contributed by atoms with E-state index in [4.69, 9.17) is 23.2 Å². The molecule has 1 heterocycles. The molecule has 1 N–H and O–H groups in total. The highest BCUT2D eigenvalue weighted by molar-refractivity contribution is 7.90. The van der Waals surface area contributed by atoms with Crippen LogP contribution in [0.2, 0.25) is 10.0 Å². The summed E-state index contributed by atoms with van der Waals surface area (Å²) < 4.78 is 12.2. The Bertz CT molecular complexity index is 570. The Morgan fingerprint density at radius 2 is 1.89 bits per heavy atom. The van der Waals surface area contributed by atoms with Crippen LogP contribution in [-0.2, 0) is 16.9 Å². The quantitative estimate of drug-likeness (QED) is 0.697. The van der Waals surface area contributed by atoms with Crippen LogP contribution in [0.4, 0.5) is 0 Å². The third-order valence-corrected chi connectivity index (χ3v) is 4.21. The van der Waals surface area contributed by atoms with Crippen LogP contribution >= 0.6 is 23.2 Å². The zero-order valence-electron chi connectivity index (χ0n) is 9.93. The smallest absolute Gasteiger partial charge is 0.346 e. The third kappa shape index (κ3) is 3.51. The molecule has 0 amide bonds. The first-order chi connectivity index (χ1) is 8.97. The molecule has 1 atom stereocenters. The molecule has 0 aliphatic carbocycles. The van der Waals surface area contributed by atoms with Crippen molar-refractivity contribution in [1.29, 1.82) is 0 Å². The number of halogens is 2. The molecule has 0 saturated carbocycles. The summed E-state index contributed by atoms with van der Waals surface area (Å²) in [7, 11) is 0. The zero-order chi connectivity index (χ0) is 14.0. The Morgan fingerprint density at radius 3 is 2.47 bits per heavy atom. The lowest BCUT2D eigenvalue weighted by Crippen LogP contribution is -2.10. The number of nitrogens with zero attached hydrogens (tertiary/aromatic N) is 2. The van der Waals surface area contributed by atoms with Gasteiger partial charge in [-0.1, -0.05) is 29.3 Å². The summed E-state index contributed by atoms with van der Waals surface area (Å²) in [6, 6.07) is 6.46. The van der Waals surface area contributed by atoms with Gasteiger partial charge in [0.25, 0.3) is 0 Å². The van der Waals surface area contributed by atoms with E-state index in [-0.39, 0.29) is 16.8 Å². The lowest BCUT2D eigenvalue weighted by atomic mass is 10.2. The van der Waals surface area contributed by atoms with Crippen LogP contribution < -0.4 is 0 Å². The molecule has 0 saturated heterocycles. The van der Waals surface area contributed by atoms with E-state index in [9.17, 15) is 9.66 Å². The molecule has 1 aromatic carbocycles. The number of aromatic hydroxyl groups is 1. The summed E-state index contributed by atoms with van der Waals surface area (Å²) in [5.74, 6) is -0.109. The van der Waals surface area contributed by atoms with Gasteiger partial charge in [0.05, 0.1) is 0 Å². The first kappa shape index (κ1) is 14.4. The van der Waals surface area contributed by atoms with E-state index in [2.05, 4.69) is 9.97 Å². The number of aryl methyl sites for hydroxylation is 1. The van der Waals surface area contributed by atoms with Crippen molar-refractivity contribution in [1.82, 2.24) is 9.97 Å². The second-order valence-electron chi connectivity index (χ2n) is 3.84. The Labute approximate surface area is 123 Å². The summed E-state index contributed by atoms with van der Waals surface area (Å²) in [5, 5.41) is 10.3. The molecule has 0 spiro atoms. The van der Waals surface area contributed by atoms with E-state index in [0.29, 0.717) is 21.3 Å². The Balaban J connectivity index is 2.28. The number of rotatable bonds is 3. The third-order valence-electron chi connectivity index (χ3n) is 2.36. The number of aromatic nitrogens is 2. The molecule has 4 nitrogen and oxygen atoms in total. The number of hydrogen-bond acceptors (Lipinski definition) is 4. The first-order valence-electron chi connectivity index (χ1n) is 5.33. The van der Waals surface area contributed by atoms with E-state index in [1.165, 1.54) is 6.07 Å². The Morgan fingerprint density at radius 1 is 1.26 bits per heavy atom. The van der Waals surface area contributed by atoms with Crippen LogP contribution in [0.5, 0.6) is 5.88 Å². The lowest BCUT2D eigenvalue weighted by Gasteiger charge is -2.11. The van der Waals surface area contributed by atoms with Crippen molar-refractivity contribution in [2.75, 3.05) is 0 Å². The van der Waals surface area contributed by atoms with Gasteiger partial charge < -0.3 is 9.66 Å². The Hall–Kier alpha value is -1.01. The molecule has 0 aliphatic heterocycles. The van der Waals surface area contributed by atoms with Crippen LogP contribution in [0, 0.1) is 6.92 Å². The summed E-state index contributed by atoms with van der Waals surface area (Å²) >= 11 is 10.5. The molecule has 19 heavy (non-hydrogen) atoms. The molecule has 2 rings (SSSR count). The summed E-state index contributed by atoms with van der Waals surface area (Å²) in [5.41, 5.74) is 1.12. The topological polar surface area (TPSA) is 69.1 Å². The average molecular weight is 317 g/mol. The van der Waals surface area contributed by atoms with E-state index < -0.39 is 11.2 Å². The minimum Gasteiger partial charge on any atom is -0.609 e. The highest BCUT2D eigenvalue weighted by Gasteiger charge is 2.20. The highest BCUT2D eigenvalue weighted by atomic mass is 35.5. The van der Waals surface area contributed by atoms with Gasteiger partial charge in [-0.3, -0.25) is 0 Å². The Kier molecular flexibility index (Phi) is 4.52. The molecule has 100 valence electrons. The van der Waals surface area contributed by atoms with Gasteiger partial charge in [0, 0.05) is 38.5 Å². The van der Waals surface area contributed by atoms with Gasteiger partial charge in [0.15, 0.2) is 0 Å². The van der Waals surface area contributed by atoms with Crippen LogP contribution in [0.1, 0.15) is 11.3 Å². The molecular formula is C12H10Cl2N2O2S. The standard InChI is InChI=1S/C12H10Cl2N2O2S/c1-7-5-11(17)16-12(15-7)19(18)6-8-9(13)3-2-4-10(8)14/h2-5H,6H2,1H3,(H,15,16,17). The molecule has 0 bridgehead atoms. The monoisotopic (exact) mass is 316 g/mol. The normalized spacial score (nSPS) is 12.4. The van der Waals surface area contributed by atoms with Gasteiger partial charge >= 0.3 is 5.16 Å². The first-order valence-corrected chi connectivity index (χ1v) is 7.41. The molecule has 0 aliphatic rings. The highest BCUT2D eigenvalue weighted by Crippen LogP contribution is 2.28. The fraction of sp³-hybridized carbons (Fsp3) is 0.167. The molecule has 0 radical (unpaired) electrons. The predicted molar refractivity (Wildman–Crippen MR) is 75.0 cm³/mol. The van der Waals surface area contributed by atoms with Crippen LogP contribution in [-0.4, -0.2) is 19.6 Å². The zero-order valence-corrected chi connectivity index (χ0v) is 12.3. The van der Waals surface area contributed by atoms with Crippen LogP contribution in [0.3, 0.4) is 0 Å². The summed E-state index contributed by atoms with van der Waals surface area (Å²) in [6.07, 6.45) is 0. The van der Waals surface area contributed by atoms with Crippen molar-refractivity contribution in [3.8, 4) is 5.88 Å². The van der Waals surface area contributed by atoms with Crippen LogP contribution in [0.25, 0.3) is 0 Å². The SMILES string of the molecule is Cc1cc(O)nc([S+]([O-])Cc2c(Cl)cccc2Cl)n1. The lowest BCUT2D eigenvalue weighted by molar-refractivity contribution is 0.442. The van der Waals surface area contributed by atoms with E-state index in [1.54, 1.807) is 25.1 Å². The second-order valence-corrected chi connectivity index (χ2v) is 6.00. The van der Waals surface area contributed by atoms with Gasteiger partial charge in [0.1, 0.15) is 5.75 Å². The average Bonchev–Trinajstić information content (AvgIpc) is 2.32. The molecule has 1 unspecified atom stereocenters. The summed E-state index contributed by atoms with van der Waals surface area (Å²) in [6.45, 7) is 1.69. The minimum atomic E-state index is -1.53. The van der Waals surface area contributed by atoms with Gasteiger partial charge in [0.2, 0.25) is 5.88 Å². The van der Waals surface area contributed by atoms with Crippen molar-refractivity contribution in [2.24, 2.45) is 0 Å². The maximum absolute atomic E-state index is 12.2. The fourth-order valence-corrected chi connectivity index (χ4v) is 3.33. The summed E-state index contributed by atoms with van der Waals surface area (Å²) in [4.78, 5) is 7.78. The fourth-order valence-electron chi connectivity index (χ4n) is 1.49.